The zero-order valence-electron chi connectivity index (χ0n) is 15.6. The van der Waals surface area contributed by atoms with Crippen LogP contribution in [-0.4, -0.2) is 0 Å². The van der Waals surface area contributed by atoms with Crippen LogP contribution in [0.5, 0.6) is 0 Å². The summed E-state index contributed by atoms with van der Waals surface area (Å²) in [6.07, 6.45) is 0. The van der Waals surface area contributed by atoms with E-state index in [0.29, 0.717) is 0 Å². The van der Waals surface area contributed by atoms with Gasteiger partial charge in [-0.05, 0) is 58.7 Å². The third-order valence-electron chi connectivity index (χ3n) is 4.47. The SMILES string of the molecule is Nc1ccc(-c2ccccc2SOSc2ccccc2-c2ccc(N)cc2)cc1. The lowest BCUT2D eigenvalue weighted by Crippen LogP contribution is -1.87. The molecular formula is C24H20N2OS2. The fraction of sp³-hybridized carbons (Fsp3) is 0. The van der Waals surface area contributed by atoms with E-state index in [0.717, 1.165) is 43.4 Å². The second kappa shape index (κ2) is 9.09. The van der Waals surface area contributed by atoms with E-state index >= 15 is 0 Å². The molecule has 0 aliphatic carbocycles. The first-order valence-electron chi connectivity index (χ1n) is 9.12. The molecule has 4 N–H and O–H groups in total. The van der Waals surface area contributed by atoms with Crippen molar-refractivity contribution >= 4 is 35.5 Å². The van der Waals surface area contributed by atoms with Crippen LogP contribution < -0.4 is 11.5 Å². The monoisotopic (exact) mass is 416 g/mol. The zero-order chi connectivity index (χ0) is 20.1. The van der Waals surface area contributed by atoms with Crippen molar-refractivity contribution in [3.63, 3.8) is 0 Å². The lowest BCUT2D eigenvalue weighted by molar-refractivity contribution is 0.757. The Bertz CT molecular complexity index is 1010. The van der Waals surface area contributed by atoms with Gasteiger partial charge in [-0.2, -0.15) is 0 Å². The van der Waals surface area contributed by atoms with Crippen LogP contribution in [-0.2, 0) is 3.63 Å². The predicted molar refractivity (Wildman–Crippen MR) is 125 cm³/mol. The minimum Gasteiger partial charge on any atom is -0.399 e. The summed E-state index contributed by atoms with van der Waals surface area (Å²) in [7, 11) is 0. The Morgan fingerprint density at radius 3 is 1.28 bits per heavy atom. The van der Waals surface area contributed by atoms with Crippen LogP contribution in [0.25, 0.3) is 22.3 Å². The number of rotatable bonds is 6. The minimum absolute atomic E-state index is 0.755. The molecule has 0 heterocycles. The molecule has 29 heavy (non-hydrogen) atoms. The van der Waals surface area contributed by atoms with Crippen LogP contribution in [0.4, 0.5) is 11.4 Å². The summed E-state index contributed by atoms with van der Waals surface area (Å²) in [5, 5.41) is 0. The Labute approximate surface area is 179 Å². The summed E-state index contributed by atoms with van der Waals surface area (Å²) in [4.78, 5) is 2.10. The second-order valence-corrected chi connectivity index (χ2v) is 8.23. The lowest BCUT2D eigenvalue weighted by atomic mass is 10.1. The molecule has 0 bridgehead atoms. The molecule has 0 aliphatic rings. The number of nitrogens with two attached hydrogens (primary N) is 2. The van der Waals surface area contributed by atoms with Crippen LogP contribution >= 0.6 is 24.1 Å². The average Bonchev–Trinajstić information content (AvgIpc) is 2.76. The van der Waals surface area contributed by atoms with Crippen molar-refractivity contribution in [2.24, 2.45) is 0 Å². The second-order valence-electron chi connectivity index (χ2n) is 6.47. The summed E-state index contributed by atoms with van der Waals surface area (Å²) >= 11 is 2.72. The Morgan fingerprint density at radius 2 is 0.862 bits per heavy atom. The zero-order valence-corrected chi connectivity index (χ0v) is 17.3. The molecule has 0 unspecified atom stereocenters. The third kappa shape index (κ3) is 4.77. The maximum atomic E-state index is 5.96. The largest absolute Gasteiger partial charge is 0.399 e. The molecule has 0 fully saturated rings. The molecule has 4 aromatic rings. The lowest BCUT2D eigenvalue weighted by Gasteiger charge is -2.11. The van der Waals surface area contributed by atoms with Gasteiger partial charge in [0.15, 0.2) is 0 Å². The smallest absolute Gasteiger partial charge is 0.0454 e. The van der Waals surface area contributed by atoms with Gasteiger partial charge in [0.1, 0.15) is 0 Å². The number of hydrogen-bond donors (Lipinski definition) is 2. The van der Waals surface area contributed by atoms with Crippen molar-refractivity contribution in [1.82, 2.24) is 0 Å². The molecule has 0 aromatic heterocycles. The van der Waals surface area contributed by atoms with Crippen LogP contribution in [0, 0.1) is 0 Å². The molecule has 3 nitrogen and oxygen atoms in total. The van der Waals surface area contributed by atoms with E-state index in [-0.39, 0.29) is 0 Å². The number of benzene rings is 4. The standard InChI is InChI=1S/C24H20N2OS2/c25-19-13-9-17(10-14-19)21-5-1-3-7-23(21)28-27-29-24-8-4-2-6-22(24)18-11-15-20(26)16-12-18/h1-16H,25-26H2. The summed E-state index contributed by atoms with van der Waals surface area (Å²) < 4.78 is 5.96. The van der Waals surface area contributed by atoms with E-state index in [9.17, 15) is 0 Å². The molecule has 0 radical (unpaired) electrons. The fourth-order valence-electron chi connectivity index (χ4n) is 2.97. The van der Waals surface area contributed by atoms with Gasteiger partial charge in [0.2, 0.25) is 0 Å². The van der Waals surface area contributed by atoms with Crippen LogP contribution in [0.15, 0.2) is 107 Å². The predicted octanol–water partition coefficient (Wildman–Crippen LogP) is 6.92. The molecule has 0 saturated carbocycles. The maximum absolute atomic E-state index is 5.96. The Morgan fingerprint density at radius 1 is 0.483 bits per heavy atom. The topological polar surface area (TPSA) is 61.3 Å². The number of hydrogen-bond acceptors (Lipinski definition) is 5. The van der Waals surface area contributed by atoms with E-state index in [1.807, 2.05) is 72.8 Å². The molecule has 144 valence electrons. The molecule has 0 spiro atoms. The van der Waals surface area contributed by atoms with Gasteiger partial charge in [0.25, 0.3) is 0 Å². The van der Waals surface area contributed by atoms with Gasteiger partial charge >= 0.3 is 0 Å². The minimum atomic E-state index is 0.755. The van der Waals surface area contributed by atoms with Gasteiger partial charge in [-0.15, -0.1) is 0 Å². The summed E-state index contributed by atoms with van der Waals surface area (Å²) in [6.45, 7) is 0. The summed E-state index contributed by atoms with van der Waals surface area (Å²) in [5.41, 5.74) is 17.6. The molecule has 4 aromatic carbocycles. The van der Waals surface area contributed by atoms with Gasteiger partial charge < -0.3 is 11.5 Å². The highest BCUT2D eigenvalue weighted by Gasteiger charge is 2.09. The van der Waals surface area contributed by atoms with E-state index in [1.165, 1.54) is 24.1 Å². The normalized spacial score (nSPS) is 10.8. The molecular weight excluding hydrogens is 396 g/mol. The average molecular weight is 417 g/mol. The number of anilines is 2. The Hall–Kier alpha value is -2.86. The summed E-state index contributed by atoms with van der Waals surface area (Å²) in [6, 6.07) is 32.1. The highest BCUT2D eigenvalue weighted by molar-refractivity contribution is 8.08. The van der Waals surface area contributed by atoms with Crippen molar-refractivity contribution < 1.29 is 3.63 Å². The van der Waals surface area contributed by atoms with Gasteiger partial charge in [0.05, 0.1) is 0 Å². The van der Waals surface area contributed by atoms with Crippen LogP contribution in [0.2, 0.25) is 0 Å². The third-order valence-corrected chi connectivity index (χ3v) is 6.08. The van der Waals surface area contributed by atoms with Gasteiger partial charge in [-0.3, -0.25) is 0 Å². The van der Waals surface area contributed by atoms with Crippen molar-refractivity contribution in [2.75, 3.05) is 11.5 Å². The van der Waals surface area contributed by atoms with Crippen molar-refractivity contribution in [1.29, 1.82) is 0 Å². The first-order valence-corrected chi connectivity index (χ1v) is 10.6. The molecule has 0 atom stereocenters. The highest BCUT2D eigenvalue weighted by atomic mass is 32.2. The van der Waals surface area contributed by atoms with Gasteiger partial charge in [0, 0.05) is 45.3 Å². The van der Waals surface area contributed by atoms with Crippen molar-refractivity contribution in [2.45, 2.75) is 9.79 Å². The van der Waals surface area contributed by atoms with Crippen LogP contribution in [0.3, 0.4) is 0 Å². The van der Waals surface area contributed by atoms with Gasteiger partial charge in [-0.25, -0.2) is 3.63 Å². The van der Waals surface area contributed by atoms with E-state index < -0.39 is 0 Å². The molecule has 0 amide bonds. The fourth-order valence-corrected chi connectivity index (χ4v) is 4.51. The van der Waals surface area contributed by atoms with E-state index in [1.54, 1.807) is 0 Å². The van der Waals surface area contributed by atoms with Gasteiger partial charge in [-0.1, -0.05) is 60.7 Å². The Kier molecular flexibility index (Phi) is 6.10. The van der Waals surface area contributed by atoms with Crippen molar-refractivity contribution in [3.8, 4) is 22.3 Å². The summed E-state index contributed by atoms with van der Waals surface area (Å²) in [5.74, 6) is 0. The quantitative estimate of drug-likeness (QED) is 0.264. The maximum Gasteiger partial charge on any atom is 0.0454 e. The first kappa shape index (κ1) is 19.5. The van der Waals surface area contributed by atoms with Crippen molar-refractivity contribution in [3.05, 3.63) is 97.1 Å². The molecule has 0 aliphatic heterocycles. The molecule has 4 rings (SSSR count). The van der Waals surface area contributed by atoms with Crippen LogP contribution in [0.1, 0.15) is 0 Å². The van der Waals surface area contributed by atoms with E-state index in [4.69, 9.17) is 15.1 Å². The number of nitrogen functional groups attached to an aromatic ring is 2. The Balaban J connectivity index is 1.51. The molecule has 0 saturated heterocycles. The highest BCUT2D eigenvalue weighted by Crippen LogP contribution is 2.39. The molecule has 5 heteroatoms. The van der Waals surface area contributed by atoms with E-state index in [2.05, 4.69) is 24.3 Å². The first-order chi connectivity index (χ1) is 14.2.